The normalized spacial score (nSPS) is 19.7. The molecule has 1 aromatic carbocycles. The standard InChI is InChI=1S/C13H12FNOS/c14-12-6-10(9-2-4-17-8-9)5-11(7-12)13-1-3-16-15-13/h2,4-8,13,15H,1,3H2/t13-/m1/s1. The lowest BCUT2D eigenvalue weighted by molar-refractivity contribution is 0.0882. The molecule has 1 aromatic heterocycles. The van der Waals surface area contributed by atoms with Gasteiger partial charge in [-0.05, 0) is 58.1 Å². The lowest BCUT2D eigenvalue weighted by Gasteiger charge is -2.10. The maximum absolute atomic E-state index is 13.6. The number of rotatable bonds is 2. The van der Waals surface area contributed by atoms with Gasteiger partial charge in [0.1, 0.15) is 5.82 Å². The molecule has 2 nitrogen and oxygen atoms in total. The molecule has 1 aliphatic heterocycles. The van der Waals surface area contributed by atoms with E-state index in [-0.39, 0.29) is 11.9 Å². The van der Waals surface area contributed by atoms with Crippen LogP contribution in [0.4, 0.5) is 4.39 Å². The fourth-order valence-corrected chi connectivity index (χ4v) is 2.70. The van der Waals surface area contributed by atoms with Crippen LogP contribution in [0.3, 0.4) is 0 Å². The van der Waals surface area contributed by atoms with Gasteiger partial charge in [-0.1, -0.05) is 0 Å². The molecule has 2 aromatic rings. The summed E-state index contributed by atoms with van der Waals surface area (Å²) in [6.07, 6.45) is 0.881. The van der Waals surface area contributed by atoms with E-state index in [1.54, 1.807) is 23.5 Å². The van der Waals surface area contributed by atoms with Crippen LogP contribution in [0.2, 0.25) is 0 Å². The highest BCUT2D eigenvalue weighted by Crippen LogP contribution is 2.29. The Labute approximate surface area is 103 Å². The van der Waals surface area contributed by atoms with E-state index in [1.165, 1.54) is 0 Å². The number of hydrogen-bond acceptors (Lipinski definition) is 3. The fraction of sp³-hybridized carbons (Fsp3) is 0.231. The highest BCUT2D eigenvalue weighted by atomic mass is 32.1. The van der Waals surface area contributed by atoms with Crippen molar-refractivity contribution in [2.24, 2.45) is 0 Å². The van der Waals surface area contributed by atoms with Crippen molar-refractivity contribution in [1.82, 2.24) is 5.48 Å². The van der Waals surface area contributed by atoms with Gasteiger partial charge < -0.3 is 4.84 Å². The van der Waals surface area contributed by atoms with Crippen molar-refractivity contribution >= 4 is 11.3 Å². The second kappa shape index (κ2) is 4.56. The molecule has 88 valence electrons. The zero-order valence-corrected chi connectivity index (χ0v) is 9.97. The molecule has 1 N–H and O–H groups in total. The van der Waals surface area contributed by atoms with E-state index in [9.17, 15) is 4.39 Å². The third-order valence-electron chi connectivity index (χ3n) is 2.91. The van der Waals surface area contributed by atoms with Crippen LogP contribution in [0.25, 0.3) is 11.1 Å². The van der Waals surface area contributed by atoms with Crippen molar-refractivity contribution < 1.29 is 9.23 Å². The van der Waals surface area contributed by atoms with Crippen LogP contribution in [0, 0.1) is 5.82 Å². The molecule has 0 amide bonds. The Hall–Kier alpha value is -1.23. The summed E-state index contributed by atoms with van der Waals surface area (Å²) in [7, 11) is 0. The predicted molar refractivity (Wildman–Crippen MR) is 66.2 cm³/mol. The molecule has 0 spiro atoms. The maximum Gasteiger partial charge on any atom is 0.124 e. The van der Waals surface area contributed by atoms with Crippen molar-refractivity contribution in [3.05, 3.63) is 46.4 Å². The van der Waals surface area contributed by atoms with Crippen LogP contribution in [0.1, 0.15) is 18.0 Å². The number of halogens is 1. The average molecular weight is 249 g/mol. The van der Waals surface area contributed by atoms with Crippen molar-refractivity contribution in [3.8, 4) is 11.1 Å². The first kappa shape index (κ1) is 10.9. The lowest BCUT2D eigenvalue weighted by atomic mass is 10.00. The van der Waals surface area contributed by atoms with Gasteiger partial charge in [0.2, 0.25) is 0 Å². The van der Waals surface area contributed by atoms with Gasteiger partial charge in [0.25, 0.3) is 0 Å². The zero-order chi connectivity index (χ0) is 11.7. The maximum atomic E-state index is 13.6. The molecule has 0 unspecified atom stereocenters. The Morgan fingerprint density at radius 3 is 2.94 bits per heavy atom. The lowest BCUT2D eigenvalue weighted by Crippen LogP contribution is -2.11. The summed E-state index contributed by atoms with van der Waals surface area (Å²) < 4.78 is 13.6. The first-order valence-electron chi connectivity index (χ1n) is 5.53. The Bertz CT molecular complexity index is 506. The van der Waals surface area contributed by atoms with Crippen LogP contribution in [-0.4, -0.2) is 6.61 Å². The SMILES string of the molecule is Fc1cc(-c2ccsc2)cc([C@H]2CCON2)c1. The molecule has 1 saturated heterocycles. The summed E-state index contributed by atoms with van der Waals surface area (Å²) in [5.74, 6) is -0.197. The number of hydroxylamine groups is 1. The quantitative estimate of drug-likeness (QED) is 0.879. The largest absolute Gasteiger partial charge is 0.301 e. The van der Waals surface area contributed by atoms with E-state index in [1.807, 2.05) is 22.9 Å². The number of benzene rings is 1. The molecule has 17 heavy (non-hydrogen) atoms. The van der Waals surface area contributed by atoms with E-state index >= 15 is 0 Å². The third kappa shape index (κ3) is 2.24. The molecule has 0 radical (unpaired) electrons. The Morgan fingerprint density at radius 1 is 1.29 bits per heavy atom. The predicted octanol–water partition coefficient (Wildman–Crippen LogP) is 3.52. The number of nitrogens with one attached hydrogen (secondary N) is 1. The Balaban J connectivity index is 2.00. The smallest absolute Gasteiger partial charge is 0.124 e. The Kier molecular flexibility index (Phi) is 2.93. The Morgan fingerprint density at radius 2 is 2.24 bits per heavy atom. The zero-order valence-electron chi connectivity index (χ0n) is 9.15. The molecule has 2 heterocycles. The summed E-state index contributed by atoms with van der Waals surface area (Å²) in [6, 6.07) is 7.27. The molecule has 1 fully saturated rings. The highest BCUT2D eigenvalue weighted by molar-refractivity contribution is 7.08. The highest BCUT2D eigenvalue weighted by Gasteiger charge is 2.18. The van der Waals surface area contributed by atoms with E-state index in [2.05, 4.69) is 5.48 Å². The van der Waals surface area contributed by atoms with Crippen LogP contribution in [0.15, 0.2) is 35.0 Å². The summed E-state index contributed by atoms with van der Waals surface area (Å²) >= 11 is 1.62. The molecule has 1 atom stereocenters. The van der Waals surface area contributed by atoms with Crippen LogP contribution in [0.5, 0.6) is 0 Å². The van der Waals surface area contributed by atoms with Gasteiger partial charge in [0, 0.05) is 0 Å². The molecule has 1 aliphatic rings. The summed E-state index contributed by atoms with van der Waals surface area (Å²) in [4.78, 5) is 5.11. The van der Waals surface area contributed by atoms with Crippen molar-refractivity contribution in [1.29, 1.82) is 0 Å². The van der Waals surface area contributed by atoms with Gasteiger partial charge >= 0.3 is 0 Å². The fourth-order valence-electron chi connectivity index (χ4n) is 2.04. The van der Waals surface area contributed by atoms with Crippen LogP contribution in [-0.2, 0) is 4.84 Å². The van der Waals surface area contributed by atoms with Crippen molar-refractivity contribution in [2.45, 2.75) is 12.5 Å². The van der Waals surface area contributed by atoms with Gasteiger partial charge in [-0.25, -0.2) is 4.39 Å². The third-order valence-corrected chi connectivity index (χ3v) is 3.59. The van der Waals surface area contributed by atoms with E-state index in [0.29, 0.717) is 6.61 Å². The van der Waals surface area contributed by atoms with Crippen LogP contribution >= 0.6 is 11.3 Å². The molecule has 0 saturated carbocycles. The van der Waals surface area contributed by atoms with Gasteiger partial charge in [0.15, 0.2) is 0 Å². The molecule has 0 bridgehead atoms. The minimum Gasteiger partial charge on any atom is -0.301 e. The summed E-state index contributed by atoms with van der Waals surface area (Å²) in [6.45, 7) is 0.676. The molecule has 3 rings (SSSR count). The first-order chi connectivity index (χ1) is 8.33. The van der Waals surface area contributed by atoms with Crippen LogP contribution < -0.4 is 5.48 Å². The van der Waals surface area contributed by atoms with Gasteiger partial charge in [-0.3, -0.25) is 0 Å². The summed E-state index contributed by atoms with van der Waals surface area (Å²) in [5, 5.41) is 4.02. The summed E-state index contributed by atoms with van der Waals surface area (Å²) in [5.41, 5.74) is 5.85. The monoisotopic (exact) mass is 249 g/mol. The molecule has 4 heteroatoms. The van der Waals surface area contributed by atoms with Crippen molar-refractivity contribution in [2.75, 3.05) is 6.61 Å². The van der Waals surface area contributed by atoms with E-state index in [0.717, 1.165) is 23.1 Å². The second-order valence-corrected chi connectivity index (χ2v) is 4.87. The molecule has 0 aliphatic carbocycles. The first-order valence-corrected chi connectivity index (χ1v) is 6.47. The second-order valence-electron chi connectivity index (χ2n) is 4.09. The van der Waals surface area contributed by atoms with E-state index < -0.39 is 0 Å². The van der Waals surface area contributed by atoms with Crippen molar-refractivity contribution in [3.63, 3.8) is 0 Å². The molecular formula is C13H12FNOS. The van der Waals surface area contributed by atoms with Gasteiger partial charge in [-0.2, -0.15) is 16.8 Å². The number of hydrogen-bond donors (Lipinski definition) is 1. The van der Waals surface area contributed by atoms with E-state index in [4.69, 9.17) is 4.84 Å². The van der Waals surface area contributed by atoms with Gasteiger partial charge in [0.05, 0.1) is 12.6 Å². The average Bonchev–Trinajstić information content (AvgIpc) is 3.02. The minimum absolute atomic E-state index is 0.100. The molecular weight excluding hydrogens is 237 g/mol. The number of thiophene rings is 1. The minimum atomic E-state index is -0.197. The van der Waals surface area contributed by atoms with Gasteiger partial charge in [-0.15, -0.1) is 0 Å². The topological polar surface area (TPSA) is 21.3 Å².